The van der Waals surface area contributed by atoms with E-state index < -0.39 is 10.7 Å². The third kappa shape index (κ3) is 2.77. The second kappa shape index (κ2) is 6.21. The lowest BCUT2D eigenvalue weighted by atomic mass is 10.0. The van der Waals surface area contributed by atoms with Crippen molar-refractivity contribution in [2.45, 2.75) is 6.92 Å². The number of nitrogens with zero attached hydrogens (tertiary/aromatic N) is 4. The van der Waals surface area contributed by atoms with E-state index in [0.29, 0.717) is 11.5 Å². The van der Waals surface area contributed by atoms with Gasteiger partial charge in [0.15, 0.2) is 5.78 Å². The lowest BCUT2D eigenvalue weighted by Crippen LogP contribution is -2.09. The highest BCUT2D eigenvalue weighted by Crippen LogP contribution is 2.27. The van der Waals surface area contributed by atoms with Crippen molar-refractivity contribution in [2.24, 2.45) is 0 Å². The molecule has 1 aromatic heterocycles. The molecule has 2 aromatic carbocycles. The SMILES string of the molecule is Cc1nncn1-c1ccc([N+](=O)[O-])cc1C(=O)c1ccccc1Cl. The number of benzene rings is 2. The van der Waals surface area contributed by atoms with Gasteiger partial charge in [0.25, 0.3) is 5.69 Å². The van der Waals surface area contributed by atoms with Crippen molar-refractivity contribution in [1.82, 2.24) is 14.8 Å². The molecule has 0 saturated heterocycles. The van der Waals surface area contributed by atoms with Crippen LogP contribution < -0.4 is 0 Å². The maximum absolute atomic E-state index is 12.9. The number of aryl methyl sites for hydroxylation is 1. The molecule has 3 rings (SSSR count). The molecule has 0 amide bonds. The Kier molecular flexibility index (Phi) is 4.09. The van der Waals surface area contributed by atoms with Crippen molar-refractivity contribution in [3.8, 4) is 5.69 Å². The molecule has 8 heteroatoms. The number of hydrogen-bond donors (Lipinski definition) is 0. The first-order valence-corrected chi connectivity index (χ1v) is 7.31. The zero-order valence-corrected chi connectivity index (χ0v) is 13.3. The number of nitro groups is 1. The molecule has 0 N–H and O–H groups in total. The summed E-state index contributed by atoms with van der Waals surface area (Å²) in [4.78, 5) is 23.4. The summed E-state index contributed by atoms with van der Waals surface area (Å²) in [6.07, 6.45) is 1.44. The van der Waals surface area contributed by atoms with E-state index in [1.807, 2.05) is 0 Å². The monoisotopic (exact) mass is 342 g/mol. The molecule has 0 aliphatic rings. The molecular formula is C16H11ClN4O3. The molecule has 0 fully saturated rings. The van der Waals surface area contributed by atoms with Crippen LogP contribution in [0, 0.1) is 17.0 Å². The molecule has 120 valence electrons. The van der Waals surface area contributed by atoms with Gasteiger partial charge in [-0.05, 0) is 25.1 Å². The van der Waals surface area contributed by atoms with Crippen LogP contribution in [0.25, 0.3) is 5.69 Å². The van der Waals surface area contributed by atoms with Crippen LogP contribution in [0.1, 0.15) is 21.7 Å². The summed E-state index contributed by atoms with van der Waals surface area (Å²) in [5.41, 5.74) is 0.694. The van der Waals surface area contributed by atoms with Gasteiger partial charge in [-0.1, -0.05) is 23.7 Å². The number of rotatable bonds is 4. The fraction of sp³-hybridized carbons (Fsp3) is 0.0625. The lowest BCUT2D eigenvalue weighted by Gasteiger charge is -2.11. The Bertz CT molecular complexity index is 952. The third-order valence-electron chi connectivity index (χ3n) is 3.53. The Morgan fingerprint density at radius 2 is 1.96 bits per heavy atom. The Hall–Kier alpha value is -3.06. The van der Waals surface area contributed by atoms with Crippen molar-refractivity contribution in [2.75, 3.05) is 0 Å². The number of aromatic nitrogens is 3. The van der Waals surface area contributed by atoms with Gasteiger partial charge < -0.3 is 0 Å². The number of nitro benzene ring substituents is 1. The Labute approximate surface area is 141 Å². The van der Waals surface area contributed by atoms with Crippen LogP contribution in [-0.4, -0.2) is 25.5 Å². The number of ketones is 1. The number of hydrogen-bond acceptors (Lipinski definition) is 5. The maximum atomic E-state index is 12.9. The minimum Gasteiger partial charge on any atom is -0.288 e. The number of carbonyl (C=O) groups excluding carboxylic acids is 1. The number of non-ortho nitro benzene ring substituents is 1. The highest BCUT2D eigenvalue weighted by atomic mass is 35.5. The molecule has 0 aliphatic carbocycles. The minimum atomic E-state index is -0.549. The van der Waals surface area contributed by atoms with Gasteiger partial charge in [-0.15, -0.1) is 10.2 Å². The quantitative estimate of drug-likeness (QED) is 0.412. The molecule has 0 spiro atoms. The van der Waals surface area contributed by atoms with Gasteiger partial charge in [-0.3, -0.25) is 19.5 Å². The van der Waals surface area contributed by atoms with Gasteiger partial charge in [-0.2, -0.15) is 0 Å². The van der Waals surface area contributed by atoms with Gasteiger partial charge in [0.2, 0.25) is 0 Å². The summed E-state index contributed by atoms with van der Waals surface area (Å²) < 4.78 is 1.59. The highest BCUT2D eigenvalue weighted by Gasteiger charge is 2.21. The normalized spacial score (nSPS) is 10.6. The molecule has 0 radical (unpaired) electrons. The standard InChI is InChI=1S/C16H11ClN4O3/c1-10-19-18-9-20(10)15-7-6-11(21(23)24)8-13(15)16(22)12-4-2-3-5-14(12)17/h2-9H,1H3. The van der Waals surface area contributed by atoms with E-state index in [2.05, 4.69) is 10.2 Å². The van der Waals surface area contributed by atoms with E-state index in [1.54, 1.807) is 35.8 Å². The van der Waals surface area contributed by atoms with Crippen LogP contribution in [0.15, 0.2) is 48.8 Å². The molecule has 0 aliphatic heterocycles. The number of halogens is 1. The van der Waals surface area contributed by atoms with Crippen LogP contribution in [-0.2, 0) is 0 Å². The topological polar surface area (TPSA) is 90.9 Å². The average Bonchev–Trinajstić information content (AvgIpc) is 3.00. The van der Waals surface area contributed by atoms with E-state index in [-0.39, 0.29) is 21.8 Å². The summed E-state index contributed by atoms with van der Waals surface area (Å²) in [6, 6.07) is 10.6. The van der Waals surface area contributed by atoms with E-state index in [4.69, 9.17) is 11.6 Å². The maximum Gasteiger partial charge on any atom is 0.270 e. The Morgan fingerprint density at radius 3 is 2.58 bits per heavy atom. The summed E-state index contributed by atoms with van der Waals surface area (Å²) >= 11 is 6.09. The van der Waals surface area contributed by atoms with Gasteiger partial charge in [0, 0.05) is 17.7 Å². The van der Waals surface area contributed by atoms with Crippen molar-refractivity contribution >= 4 is 23.1 Å². The smallest absolute Gasteiger partial charge is 0.270 e. The Balaban J connectivity index is 2.22. The van der Waals surface area contributed by atoms with Crippen LogP contribution in [0.3, 0.4) is 0 Å². The van der Waals surface area contributed by atoms with Crippen LogP contribution in [0.2, 0.25) is 5.02 Å². The molecule has 0 unspecified atom stereocenters. The first-order valence-electron chi connectivity index (χ1n) is 6.93. The van der Waals surface area contributed by atoms with Crippen molar-refractivity contribution in [3.05, 3.63) is 80.9 Å². The van der Waals surface area contributed by atoms with E-state index in [1.165, 1.54) is 24.5 Å². The predicted octanol–water partition coefficient (Wildman–Crippen LogP) is 3.37. The summed E-state index contributed by atoms with van der Waals surface area (Å²) in [5.74, 6) is 0.143. The minimum absolute atomic E-state index is 0.153. The summed E-state index contributed by atoms with van der Waals surface area (Å²) in [5, 5.41) is 19.0. The van der Waals surface area contributed by atoms with Crippen LogP contribution in [0.5, 0.6) is 0 Å². The molecular weight excluding hydrogens is 332 g/mol. The molecule has 24 heavy (non-hydrogen) atoms. The number of carbonyl (C=O) groups is 1. The molecule has 7 nitrogen and oxygen atoms in total. The van der Waals surface area contributed by atoms with E-state index in [0.717, 1.165) is 0 Å². The zero-order chi connectivity index (χ0) is 17.3. The average molecular weight is 343 g/mol. The van der Waals surface area contributed by atoms with Crippen molar-refractivity contribution in [1.29, 1.82) is 0 Å². The van der Waals surface area contributed by atoms with Gasteiger partial charge in [0.05, 0.1) is 21.2 Å². The second-order valence-corrected chi connectivity index (χ2v) is 5.42. The lowest BCUT2D eigenvalue weighted by molar-refractivity contribution is -0.384. The summed E-state index contributed by atoms with van der Waals surface area (Å²) in [6.45, 7) is 1.72. The molecule has 0 saturated carbocycles. The van der Waals surface area contributed by atoms with Crippen LogP contribution in [0.4, 0.5) is 5.69 Å². The van der Waals surface area contributed by atoms with E-state index >= 15 is 0 Å². The molecule has 0 atom stereocenters. The third-order valence-corrected chi connectivity index (χ3v) is 3.86. The highest BCUT2D eigenvalue weighted by molar-refractivity contribution is 6.35. The van der Waals surface area contributed by atoms with Gasteiger partial charge in [-0.25, -0.2) is 0 Å². The van der Waals surface area contributed by atoms with Crippen molar-refractivity contribution in [3.63, 3.8) is 0 Å². The van der Waals surface area contributed by atoms with Crippen molar-refractivity contribution < 1.29 is 9.72 Å². The van der Waals surface area contributed by atoms with E-state index in [9.17, 15) is 14.9 Å². The largest absolute Gasteiger partial charge is 0.288 e. The summed E-state index contributed by atoms with van der Waals surface area (Å²) in [7, 11) is 0. The Morgan fingerprint density at radius 1 is 1.21 bits per heavy atom. The van der Waals surface area contributed by atoms with Gasteiger partial charge in [0.1, 0.15) is 12.2 Å². The second-order valence-electron chi connectivity index (χ2n) is 5.02. The fourth-order valence-electron chi connectivity index (χ4n) is 2.35. The molecule has 0 bridgehead atoms. The molecule has 3 aromatic rings. The first-order chi connectivity index (χ1) is 11.5. The molecule has 1 heterocycles. The predicted molar refractivity (Wildman–Crippen MR) is 87.6 cm³/mol. The van der Waals surface area contributed by atoms with Gasteiger partial charge >= 0.3 is 0 Å². The first kappa shape index (κ1) is 15.8. The van der Waals surface area contributed by atoms with Crippen LogP contribution >= 0.6 is 11.6 Å². The fourth-order valence-corrected chi connectivity index (χ4v) is 2.57. The zero-order valence-electron chi connectivity index (χ0n) is 12.5.